The van der Waals surface area contributed by atoms with E-state index in [4.69, 9.17) is 16.3 Å². The molecule has 1 aliphatic carbocycles. The number of hydrogen-bond acceptors (Lipinski definition) is 2. The SMILES string of the molecule is CCc1c(Cl)c2c(OC)cc(C(=O)O)cc2n1C1CC1. The highest BCUT2D eigenvalue weighted by molar-refractivity contribution is 6.37. The number of nitrogens with zero attached hydrogens (tertiary/aromatic N) is 1. The van der Waals surface area contributed by atoms with Crippen LogP contribution < -0.4 is 4.74 Å². The maximum atomic E-state index is 11.3. The first kappa shape index (κ1) is 13.3. The molecule has 0 bridgehead atoms. The molecule has 0 saturated heterocycles. The summed E-state index contributed by atoms with van der Waals surface area (Å²) in [6, 6.07) is 3.67. The molecule has 1 aromatic heterocycles. The lowest BCUT2D eigenvalue weighted by atomic mass is 10.1. The van der Waals surface area contributed by atoms with Gasteiger partial charge in [0.25, 0.3) is 0 Å². The van der Waals surface area contributed by atoms with Crippen LogP contribution in [0.5, 0.6) is 5.75 Å². The molecule has 106 valence electrons. The molecule has 20 heavy (non-hydrogen) atoms. The Morgan fingerprint density at radius 1 is 1.50 bits per heavy atom. The van der Waals surface area contributed by atoms with Gasteiger partial charge in [-0.25, -0.2) is 4.79 Å². The number of aromatic nitrogens is 1. The number of methoxy groups -OCH3 is 1. The van der Waals surface area contributed by atoms with Gasteiger partial charge in [-0.2, -0.15) is 0 Å². The second-order valence-electron chi connectivity index (χ2n) is 5.09. The molecule has 2 aromatic rings. The predicted molar refractivity (Wildman–Crippen MR) is 78.1 cm³/mol. The average Bonchev–Trinajstić information content (AvgIpc) is 3.22. The number of halogens is 1. The van der Waals surface area contributed by atoms with Crippen molar-refractivity contribution >= 4 is 28.5 Å². The highest BCUT2D eigenvalue weighted by Gasteiger charge is 2.30. The Morgan fingerprint density at radius 2 is 2.20 bits per heavy atom. The van der Waals surface area contributed by atoms with E-state index < -0.39 is 5.97 Å². The number of carboxylic acid groups (broad SMARTS) is 1. The van der Waals surface area contributed by atoms with Crippen LogP contribution in [0.1, 0.15) is 41.9 Å². The van der Waals surface area contributed by atoms with Crippen molar-refractivity contribution in [3.8, 4) is 5.75 Å². The Balaban J connectivity index is 2.40. The molecule has 3 rings (SSSR count). The van der Waals surface area contributed by atoms with Crippen LogP contribution >= 0.6 is 11.6 Å². The van der Waals surface area contributed by atoms with Gasteiger partial charge in [-0.05, 0) is 31.4 Å². The van der Waals surface area contributed by atoms with Crippen molar-refractivity contribution in [3.63, 3.8) is 0 Å². The molecule has 0 unspecified atom stereocenters. The van der Waals surface area contributed by atoms with Crippen molar-refractivity contribution in [2.75, 3.05) is 7.11 Å². The molecule has 5 heteroatoms. The second kappa shape index (κ2) is 4.70. The van der Waals surface area contributed by atoms with E-state index in [0.717, 1.165) is 35.9 Å². The van der Waals surface area contributed by atoms with E-state index in [9.17, 15) is 9.90 Å². The topological polar surface area (TPSA) is 51.5 Å². The minimum absolute atomic E-state index is 0.230. The van der Waals surface area contributed by atoms with Crippen molar-refractivity contribution in [3.05, 3.63) is 28.4 Å². The van der Waals surface area contributed by atoms with Crippen LogP contribution in [0.2, 0.25) is 5.02 Å². The average molecular weight is 294 g/mol. The summed E-state index contributed by atoms with van der Waals surface area (Å²) >= 11 is 6.50. The predicted octanol–water partition coefficient (Wildman–Crippen LogP) is 3.90. The minimum atomic E-state index is -0.956. The normalized spacial score (nSPS) is 14.8. The van der Waals surface area contributed by atoms with Gasteiger partial charge in [-0.15, -0.1) is 0 Å². The van der Waals surface area contributed by atoms with E-state index in [0.29, 0.717) is 16.8 Å². The van der Waals surface area contributed by atoms with Crippen molar-refractivity contribution in [2.45, 2.75) is 32.2 Å². The van der Waals surface area contributed by atoms with Crippen molar-refractivity contribution in [1.29, 1.82) is 0 Å². The fourth-order valence-electron chi connectivity index (χ4n) is 2.77. The van der Waals surface area contributed by atoms with Gasteiger partial charge in [0, 0.05) is 11.7 Å². The summed E-state index contributed by atoms with van der Waals surface area (Å²) in [5, 5.41) is 10.8. The van der Waals surface area contributed by atoms with Crippen LogP contribution in [-0.4, -0.2) is 22.8 Å². The number of hydrogen-bond donors (Lipinski definition) is 1. The van der Waals surface area contributed by atoms with Crippen LogP contribution in [0.4, 0.5) is 0 Å². The molecule has 0 aliphatic heterocycles. The molecule has 0 spiro atoms. The van der Waals surface area contributed by atoms with Gasteiger partial charge in [-0.3, -0.25) is 0 Å². The largest absolute Gasteiger partial charge is 0.496 e. The standard InChI is InChI=1S/C15H16ClNO3/c1-3-10-14(16)13-11(17(10)9-4-5-9)6-8(15(18)19)7-12(13)20-2/h6-7,9H,3-5H2,1-2H3,(H,18,19). The molecule has 4 nitrogen and oxygen atoms in total. The highest BCUT2D eigenvalue weighted by atomic mass is 35.5. The third-order valence-electron chi connectivity index (χ3n) is 3.82. The van der Waals surface area contributed by atoms with Crippen molar-refractivity contribution < 1.29 is 14.6 Å². The summed E-state index contributed by atoms with van der Waals surface area (Å²) in [7, 11) is 1.54. The van der Waals surface area contributed by atoms with Crippen molar-refractivity contribution in [1.82, 2.24) is 4.57 Å². The lowest BCUT2D eigenvalue weighted by Crippen LogP contribution is -2.01. The molecule has 1 heterocycles. The molecular formula is C15H16ClNO3. The molecule has 0 atom stereocenters. The summed E-state index contributed by atoms with van der Waals surface area (Å²) in [5.74, 6) is -0.429. The first-order valence-electron chi connectivity index (χ1n) is 6.72. The smallest absolute Gasteiger partial charge is 0.335 e. The summed E-state index contributed by atoms with van der Waals surface area (Å²) in [4.78, 5) is 11.3. The summed E-state index contributed by atoms with van der Waals surface area (Å²) in [5.41, 5.74) is 2.16. The Bertz CT molecular complexity index is 701. The lowest BCUT2D eigenvalue weighted by Gasteiger charge is -2.09. The van der Waals surface area contributed by atoms with Crippen LogP contribution in [0.25, 0.3) is 10.9 Å². The van der Waals surface area contributed by atoms with Crippen LogP contribution in [0.3, 0.4) is 0 Å². The third-order valence-corrected chi connectivity index (χ3v) is 4.23. The molecule has 0 radical (unpaired) electrons. The van der Waals surface area contributed by atoms with Gasteiger partial charge >= 0.3 is 5.97 Å². The first-order valence-corrected chi connectivity index (χ1v) is 7.09. The summed E-state index contributed by atoms with van der Waals surface area (Å²) in [6.45, 7) is 2.06. The van der Waals surface area contributed by atoms with Crippen LogP contribution in [0, 0.1) is 0 Å². The van der Waals surface area contributed by atoms with Gasteiger partial charge in [0.05, 0.1) is 28.6 Å². The fourth-order valence-corrected chi connectivity index (χ4v) is 3.18. The van der Waals surface area contributed by atoms with E-state index in [-0.39, 0.29) is 5.56 Å². The molecule has 1 N–H and O–H groups in total. The highest BCUT2D eigenvalue weighted by Crippen LogP contribution is 2.45. The zero-order valence-electron chi connectivity index (χ0n) is 11.4. The van der Waals surface area contributed by atoms with E-state index in [2.05, 4.69) is 11.5 Å². The fraction of sp³-hybridized carbons (Fsp3) is 0.400. The Kier molecular flexibility index (Phi) is 3.13. The number of carbonyl (C=O) groups is 1. The number of ether oxygens (including phenoxy) is 1. The van der Waals surface area contributed by atoms with E-state index in [1.54, 1.807) is 6.07 Å². The van der Waals surface area contributed by atoms with Gasteiger partial charge in [0.15, 0.2) is 0 Å². The van der Waals surface area contributed by atoms with Gasteiger partial charge in [0.2, 0.25) is 0 Å². The number of benzene rings is 1. The minimum Gasteiger partial charge on any atom is -0.496 e. The lowest BCUT2D eigenvalue weighted by molar-refractivity contribution is 0.0696. The van der Waals surface area contributed by atoms with Crippen LogP contribution in [-0.2, 0) is 6.42 Å². The number of carboxylic acids is 1. The molecule has 1 aliphatic rings. The number of aromatic carboxylic acids is 1. The maximum Gasteiger partial charge on any atom is 0.335 e. The Hall–Kier alpha value is -1.68. The number of fused-ring (bicyclic) bond motifs is 1. The van der Waals surface area contributed by atoms with E-state index in [1.807, 2.05) is 0 Å². The molecule has 1 saturated carbocycles. The molecule has 1 fully saturated rings. The third kappa shape index (κ3) is 1.86. The quantitative estimate of drug-likeness (QED) is 0.930. The monoisotopic (exact) mass is 293 g/mol. The van der Waals surface area contributed by atoms with Gasteiger partial charge < -0.3 is 14.4 Å². The second-order valence-corrected chi connectivity index (χ2v) is 5.47. The molecule has 0 amide bonds. The maximum absolute atomic E-state index is 11.3. The van der Waals surface area contributed by atoms with Gasteiger partial charge in [0.1, 0.15) is 5.75 Å². The summed E-state index contributed by atoms with van der Waals surface area (Å²) in [6.07, 6.45) is 3.05. The Labute approximate surface area is 121 Å². The zero-order chi connectivity index (χ0) is 14.4. The first-order chi connectivity index (χ1) is 9.58. The molecular weight excluding hydrogens is 278 g/mol. The van der Waals surface area contributed by atoms with Gasteiger partial charge in [-0.1, -0.05) is 18.5 Å². The molecule has 1 aromatic carbocycles. The van der Waals surface area contributed by atoms with E-state index >= 15 is 0 Å². The Morgan fingerprint density at radius 3 is 2.70 bits per heavy atom. The van der Waals surface area contributed by atoms with E-state index in [1.165, 1.54) is 13.2 Å². The zero-order valence-corrected chi connectivity index (χ0v) is 12.2. The number of rotatable bonds is 4. The van der Waals surface area contributed by atoms with Crippen molar-refractivity contribution in [2.24, 2.45) is 0 Å². The van der Waals surface area contributed by atoms with Crippen LogP contribution in [0.15, 0.2) is 12.1 Å². The summed E-state index contributed by atoms with van der Waals surface area (Å²) < 4.78 is 7.54.